The first-order valence-electron chi connectivity index (χ1n) is 8.79. The van der Waals surface area contributed by atoms with E-state index in [4.69, 9.17) is 0 Å². The number of carbonyl (C=O) groups is 1. The molecule has 27 heavy (non-hydrogen) atoms. The molecule has 4 aromatic rings. The number of hydrogen-bond acceptors (Lipinski definition) is 6. The van der Waals surface area contributed by atoms with Crippen molar-refractivity contribution in [3.8, 4) is 0 Å². The number of carbonyl (C=O) groups excluding carboxylic acids is 1. The van der Waals surface area contributed by atoms with E-state index in [1.165, 1.54) is 41.0 Å². The molecule has 1 amide bonds. The summed E-state index contributed by atoms with van der Waals surface area (Å²) < 4.78 is 3.51. The van der Waals surface area contributed by atoms with Crippen molar-refractivity contribution in [2.24, 2.45) is 0 Å². The van der Waals surface area contributed by atoms with Gasteiger partial charge in [-0.25, -0.2) is 15.0 Å². The summed E-state index contributed by atoms with van der Waals surface area (Å²) in [5.41, 5.74) is 1.65. The number of imidazole rings is 1. The molecular weight excluding hydrogens is 364 g/mol. The Labute approximate surface area is 157 Å². The number of nitrogens with one attached hydrogen (secondary N) is 1. The van der Waals surface area contributed by atoms with E-state index in [0.717, 1.165) is 18.5 Å². The van der Waals surface area contributed by atoms with Crippen LogP contribution < -0.4 is 10.9 Å². The highest BCUT2D eigenvalue weighted by Crippen LogP contribution is 2.31. The van der Waals surface area contributed by atoms with Gasteiger partial charge >= 0.3 is 0 Å². The lowest BCUT2D eigenvalue weighted by Crippen LogP contribution is -2.22. The van der Waals surface area contributed by atoms with E-state index in [1.807, 2.05) is 0 Å². The van der Waals surface area contributed by atoms with E-state index >= 15 is 0 Å². The highest BCUT2D eigenvalue weighted by atomic mass is 32.1. The zero-order valence-electron chi connectivity index (χ0n) is 14.3. The van der Waals surface area contributed by atoms with Crippen LogP contribution in [-0.4, -0.2) is 29.8 Å². The van der Waals surface area contributed by atoms with Crippen molar-refractivity contribution in [2.75, 3.05) is 5.32 Å². The second-order valence-corrected chi connectivity index (χ2v) is 7.52. The predicted molar refractivity (Wildman–Crippen MR) is 102 cm³/mol. The number of hydrogen-bond donors (Lipinski definition) is 1. The smallest absolute Gasteiger partial charge is 0.282 e. The van der Waals surface area contributed by atoms with Crippen LogP contribution in [0.1, 0.15) is 42.1 Å². The van der Waals surface area contributed by atoms with Crippen LogP contribution in [0.15, 0.2) is 41.2 Å². The molecule has 0 aliphatic heterocycles. The van der Waals surface area contributed by atoms with E-state index in [1.54, 1.807) is 24.0 Å². The fourth-order valence-electron chi connectivity index (χ4n) is 3.60. The fraction of sp³-hybridized carbons (Fsp3) is 0.278. The van der Waals surface area contributed by atoms with Gasteiger partial charge in [-0.15, -0.1) is 11.3 Å². The molecule has 0 saturated heterocycles. The summed E-state index contributed by atoms with van der Waals surface area (Å²) in [6, 6.07) is 2.14. The van der Waals surface area contributed by atoms with Crippen molar-refractivity contribution in [3.63, 3.8) is 0 Å². The largest absolute Gasteiger partial charge is 0.316 e. The number of pyridine rings is 1. The number of anilines is 1. The highest BCUT2D eigenvalue weighted by Gasteiger charge is 2.20. The van der Waals surface area contributed by atoms with Crippen molar-refractivity contribution in [1.29, 1.82) is 0 Å². The number of rotatable bonds is 3. The Morgan fingerprint density at radius 1 is 1.19 bits per heavy atom. The van der Waals surface area contributed by atoms with Gasteiger partial charge in [-0.3, -0.25) is 14.0 Å². The molecule has 4 aromatic heterocycles. The van der Waals surface area contributed by atoms with Gasteiger partial charge in [-0.2, -0.15) is 0 Å². The second kappa shape index (κ2) is 6.27. The van der Waals surface area contributed by atoms with E-state index in [9.17, 15) is 9.59 Å². The van der Waals surface area contributed by atoms with Crippen molar-refractivity contribution >= 4 is 39.1 Å². The predicted octanol–water partition coefficient (Wildman–Crippen LogP) is 2.87. The number of fused-ring (bicyclic) bond motifs is 2. The van der Waals surface area contributed by atoms with Gasteiger partial charge in [-0.1, -0.05) is 12.8 Å². The first-order chi connectivity index (χ1) is 13.2. The summed E-state index contributed by atoms with van der Waals surface area (Å²) in [6.07, 6.45) is 11.1. The van der Waals surface area contributed by atoms with E-state index in [2.05, 4.69) is 24.8 Å². The molecule has 136 valence electrons. The molecule has 1 saturated carbocycles. The van der Waals surface area contributed by atoms with Crippen LogP contribution in [-0.2, 0) is 0 Å². The normalized spacial score (nSPS) is 15.0. The Hall–Kier alpha value is -3.07. The lowest BCUT2D eigenvalue weighted by atomic mass is 10.2. The van der Waals surface area contributed by atoms with E-state index in [0.29, 0.717) is 22.1 Å². The third kappa shape index (κ3) is 2.71. The molecule has 1 aliphatic carbocycles. The number of amides is 1. The Bertz CT molecular complexity index is 1220. The lowest BCUT2D eigenvalue weighted by molar-refractivity contribution is 0.102. The molecule has 9 heteroatoms. The quantitative estimate of drug-likeness (QED) is 0.590. The molecule has 0 unspecified atom stereocenters. The third-order valence-corrected chi connectivity index (χ3v) is 5.75. The molecule has 0 radical (unpaired) electrons. The number of thiazole rings is 1. The van der Waals surface area contributed by atoms with Crippen LogP contribution in [0, 0.1) is 0 Å². The minimum atomic E-state index is -0.408. The van der Waals surface area contributed by atoms with Gasteiger partial charge < -0.3 is 9.88 Å². The van der Waals surface area contributed by atoms with Gasteiger partial charge in [0.25, 0.3) is 11.5 Å². The maximum Gasteiger partial charge on any atom is 0.282 e. The molecule has 1 aliphatic rings. The van der Waals surface area contributed by atoms with Crippen LogP contribution in [0.2, 0.25) is 0 Å². The van der Waals surface area contributed by atoms with E-state index < -0.39 is 5.91 Å². The van der Waals surface area contributed by atoms with E-state index in [-0.39, 0.29) is 11.2 Å². The van der Waals surface area contributed by atoms with Crippen LogP contribution >= 0.6 is 11.3 Å². The van der Waals surface area contributed by atoms with Crippen molar-refractivity contribution in [1.82, 2.24) is 23.9 Å². The zero-order chi connectivity index (χ0) is 18.4. The molecule has 8 nitrogen and oxygen atoms in total. The van der Waals surface area contributed by atoms with Crippen LogP contribution in [0.25, 0.3) is 16.1 Å². The van der Waals surface area contributed by atoms with Gasteiger partial charge in [-0.05, 0) is 18.9 Å². The Morgan fingerprint density at radius 3 is 2.89 bits per heavy atom. The fourth-order valence-corrected chi connectivity index (χ4v) is 4.27. The average Bonchev–Trinajstić information content (AvgIpc) is 3.43. The van der Waals surface area contributed by atoms with Crippen LogP contribution in [0.3, 0.4) is 0 Å². The molecule has 0 aromatic carbocycles. The first kappa shape index (κ1) is 16.1. The molecular formula is C18H16N6O2S. The monoisotopic (exact) mass is 380 g/mol. The standard InChI is InChI=1S/C18H16N6O2S/c25-16(22-14-9-20-18-23(17(14)26)5-6-27-18)11-7-13-15(19-8-11)24(10-21-13)12-3-1-2-4-12/h5-10,12H,1-4H2,(H,22,25). The Kier molecular flexibility index (Phi) is 3.75. The van der Waals surface area contributed by atoms with Crippen molar-refractivity contribution < 1.29 is 4.79 Å². The molecule has 0 atom stereocenters. The summed E-state index contributed by atoms with van der Waals surface area (Å²) in [4.78, 5) is 38.6. The zero-order valence-corrected chi connectivity index (χ0v) is 15.1. The average molecular weight is 380 g/mol. The maximum absolute atomic E-state index is 12.6. The van der Waals surface area contributed by atoms with Crippen LogP contribution in [0.4, 0.5) is 5.69 Å². The number of nitrogens with zero attached hydrogens (tertiary/aromatic N) is 5. The van der Waals surface area contributed by atoms with Gasteiger partial charge in [0.2, 0.25) is 0 Å². The highest BCUT2D eigenvalue weighted by molar-refractivity contribution is 7.15. The molecule has 1 N–H and O–H groups in total. The maximum atomic E-state index is 12.6. The second-order valence-electron chi connectivity index (χ2n) is 6.64. The van der Waals surface area contributed by atoms with Gasteiger partial charge in [0, 0.05) is 23.8 Å². The summed E-state index contributed by atoms with van der Waals surface area (Å²) in [5, 5.41) is 4.40. The molecule has 5 rings (SSSR count). The summed E-state index contributed by atoms with van der Waals surface area (Å²) >= 11 is 1.36. The molecule has 0 bridgehead atoms. The Balaban J connectivity index is 1.45. The topological polar surface area (TPSA) is 94.2 Å². The third-order valence-electron chi connectivity index (χ3n) is 4.98. The number of aromatic nitrogens is 5. The lowest BCUT2D eigenvalue weighted by Gasteiger charge is -2.11. The van der Waals surface area contributed by atoms with Crippen LogP contribution in [0.5, 0.6) is 0 Å². The summed E-state index contributed by atoms with van der Waals surface area (Å²) in [6.45, 7) is 0. The molecule has 1 fully saturated rings. The Morgan fingerprint density at radius 2 is 2.04 bits per heavy atom. The first-order valence-corrected chi connectivity index (χ1v) is 9.67. The van der Waals surface area contributed by atoms with Gasteiger partial charge in [0.15, 0.2) is 10.6 Å². The summed E-state index contributed by atoms with van der Waals surface area (Å²) in [7, 11) is 0. The molecule has 4 heterocycles. The minimum absolute atomic E-state index is 0.132. The SMILES string of the molecule is O=C(Nc1cnc2sccn2c1=O)c1cnc2c(c1)ncn2C1CCCC1. The van der Waals surface area contributed by atoms with Crippen molar-refractivity contribution in [3.05, 3.63) is 52.3 Å². The van der Waals surface area contributed by atoms with Gasteiger partial charge in [0.1, 0.15) is 11.2 Å². The molecule has 0 spiro atoms. The van der Waals surface area contributed by atoms with Gasteiger partial charge in [0.05, 0.1) is 18.1 Å². The summed E-state index contributed by atoms with van der Waals surface area (Å²) in [5.74, 6) is -0.408. The van der Waals surface area contributed by atoms with Crippen molar-refractivity contribution in [2.45, 2.75) is 31.7 Å². The minimum Gasteiger partial charge on any atom is -0.316 e.